The van der Waals surface area contributed by atoms with Gasteiger partial charge in [0.1, 0.15) is 28.8 Å². The second-order valence-electron chi connectivity index (χ2n) is 8.00. The number of aryl methyl sites for hydroxylation is 4. The van der Waals surface area contributed by atoms with Gasteiger partial charge in [0, 0.05) is 27.9 Å². The highest BCUT2D eigenvalue weighted by Gasteiger charge is 2.22. The van der Waals surface area contributed by atoms with Gasteiger partial charge in [-0.25, -0.2) is 14.8 Å². The van der Waals surface area contributed by atoms with Gasteiger partial charge in [0.15, 0.2) is 12.4 Å². The maximum atomic E-state index is 12.8. The van der Waals surface area contributed by atoms with E-state index in [2.05, 4.69) is 20.4 Å². The third-order valence-corrected chi connectivity index (χ3v) is 6.71. The van der Waals surface area contributed by atoms with Crippen molar-refractivity contribution in [2.24, 2.45) is 0 Å². The Hall–Kier alpha value is -3.53. The number of rotatable bonds is 7. The molecule has 0 saturated carbocycles. The number of aromatic nitrogens is 4. The van der Waals surface area contributed by atoms with Crippen LogP contribution in [0.5, 0.6) is 0 Å². The van der Waals surface area contributed by atoms with Gasteiger partial charge < -0.3 is 14.6 Å². The Kier molecular flexibility index (Phi) is 6.03. The van der Waals surface area contributed by atoms with Crippen molar-refractivity contribution in [3.8, 4) is 5.82 Å². The number of hydrogen-bond donors (Lipinski definition) is 1. The van der Waals surface area contributed by atoms with Gasteiger partial charge in [-0.1, -0.05) is 5.16 Å². The second-order valence-corrected chi connectivity index (χ2v) is 9.20. The topological polar surface area (TPSA) is 112 Å². The summed E-state index contributed by atoms with van der Waals surface area (Å²) in [4.78, 5) is 36.0. The fourth-order valence-electron chi connectivity index (χ4n) is 3.75. The molecule has 0 bridgehead atoms. The van der Waals surface area contributed by atoms with E-state index in [1.165, 1.54) is 6.33 Å². The number of carbonyl (C=O) groups excluding carboxylic acids is 2. The number of ketones is 1. The summed E-state index contributed by atoms with van der Waals surface area (Å²) in [7, 11) is 0. The number of esters is 1. The minimum absolute atomic E-state index is 0.288. The van der Waals surface area contributed by atoms with E-state index in [9.17, 15) is 9.59 Å². The number of thiophene rings is 1. The summed E-state index contributed by atoms with van der Waals surface area (Å²) >= 11 is 1.58. The van der Waals surface area contributed by atoms with E-state index in [4.69, 9.17) is 9.26 Å². The van der Waals surface area contributed by atoms with Gasteiger partial charge >= 0.3 is 5.97 Å². The lowest BCUT2D eigenvalue weighted by molar-refractivity contribution is -0.143. The van der Waals surface area contributed by atoms with Crippen molar-refractivity contribution in [3.63, 3.8) is 0 Å². The molecule has 0 radical (unpaired) electrons. The monoisotopic (exact) mass is 467 g/mol. The van der Waals surface area contributed by atoms with Crippen LogP contribution in [0.4, 0.5) is 5.82 Å². The minimum atomic E-state index is -0.693. The molecule has 0 saturated heterocycles. The molecular weight excluding hydrogens is 442 g/mol. The van der Waals surface area contributed by atoms with Crippen LogP contribution in [0.1, 0.15) is 44.9 Å². The van der Waals surface area contributed by atoms with Crippen LogP contribution in [-0.4, -0.2) is 44.1 Å². The fraction of sp³-hybridized carbons (Fsp3) is 0.348. The fourth-order valence-corrected chi connectivity index (χ4v) is 4.75. The van der Waals surface area contributed by atoms with E-state index >= 15 is 0 Å². The van der Waals surface area contributed by atoms with Crippen LogP contribution in [-0.2, 0) is 9.53 Å². The summed E-state index contributed by atoms with van der Waals surface area (Å²) in [6.45, 7) is 10.8. The van der Waals surface area contributed by atoms with Crippen LogP contribution >= 0.6 is 11.3 Å². The van der Waals surface area contributed by atoms with Gasteiger partial charge in [0.05, 0.1) is 5.39 Å². The highest BCUT2D eigenvalue weighted by atomic mass is 32.1. The predicted molar refractivity (Wildman–Crippen MR) is 125 cm³/mol. The third kappa shape index (κ3) is 4.25. The highest BCUT2D eigenvalue weighted by molar-refractivity contribution is 7.18. The highest BCUT2D eigenvalue weighted by Crippen LogP contribution is 2.32. The van der Waals surface area contributed by atoms with Crippen LogP contribution in [0.2, 0.25) is 0 Å². The molecule has 1 N–H and O–H groups in total. The summed E-state index contributed by atoms with van der Waals surface area (Å²) in [5, 5.41) is 8.01. The lowest BCUT2D eigenvalue weighted by atomic mass is 10.1. The molecule has 4 aromatic rings. The molecule has 9 nitrogen and oxygen atoms in total. The predicted octanol–water partition coefficient (Wildman–Crippen LogP) is 4.24. The van der Waals surface area contributed by atoms with Gasteiger partial charge in [-0.2, -0.15) is 0 Å². The molecule has 0 aromatic carbocycles. The minimum Gasteiger partial charge on any atom is -0.456 e. The molecule has 0 fully saturated rings. The Bertz CT molecular complexity index is 1370. The molecule has 0 unspecified atom stereocenters. The Morgan fingerprint density at radius 2 is 1.94 bits per heavy atom. The van der Waals surface area contributed by atoms with Crippen LogP contribution in [0.15, 0.2) is 23.0 Å². The molecule has 0 aliphatic heterocycles. The Morgan fingerprint density at radius 3 is 2.64 bits per heavy atom. The lowest BCUT2D eigenvalue weighted by Crippen LogP contribution is -2.30. The first-order valence-corrected chi connectivity index (χ1v) is 11.3. The number of carbonyl (C=O) groups is 2. The summed E-state index contributed by atoms with van der Waals surface area (Å²) in [5.74, 6) is 1.02. The van der Waals surface area contributed by atoms with Gasteiger partial charge in [-0.15, -0.1) is 11.3 Å². The summed E-state index contributed by atoms with van der Waals surface area (Å²) < 4.78 is 12.3. The smallest absolute Gasteiger partial charge is 0.328 e. The summed E-state index contributed by atoms with van der Waals surface area (Å²) in [5.41, 5.74) is 3.09. The van der Waals surface area contributed by atoms with E-state index < -0.39 is 12.0 Å². The van der Waals surface area contributed by atoms with Crippen molar-refractivity contribution in [2.45, 2.75) is 47.6 Å². The van der Waals surface area contributed by atoms with E-state index in [0.29, 0.717) is 28.7 Å². The molecule has 4 aromatic heterocycles. The summed E-state index contributed by atoms with van der Waals surface area (Å²) in [6.07, 6.45) is 1.47. The molecular formula is C23H25N5O4S. The van der Waals surface area contributed by atoms with E-state index in [-0.39, 0.29) is 12.4 Å². The number of hydrogen-bond acceptors (Lipinski definition) is 9. The molecule has 1 atom stereocenters. The quantitative estimate of drug-likeness (QED) is 0.317. The maximum Gasteiger partial charge on any atom is 0.328 e. The van der Waals surface area contributed by atoms with Crippen molar-refractivity contribution in [2.75, 3.05) is 11.9 Å². The van der Waals surface area contributed by atoms with Crippen molar-refractivity contribution < 1.29 is 18.8 Å². The first-order chi connectivity index (χ1) is 15.7. The van der Waals surface area contributed by atoms with Crippen molar-refractivity contribution in [1.82, 2.24) is 19.7 Å². The third-order valence-electron chi connectivity index (χ3n) is 5.59. The number of nitrogens with one attached hydrogen (secondary N) is 1. The Balaban J connectivity index is 1.44. The average molecular weight is 468 g/mol. The van der Waals surface area contributed by atoms with Crippen LogP contribution in [0.25, 0.3) is 16.0 Å². The maximum absolute atomic E-state index is 12.8. The average Bonchev–Trinajstić information content (AvgIpc) is 3.41. The van der Waals surface area contributed by atoms with Gasteiger partial charge in [0.25, 0.3) is 0 Å². The van der Waals surface area contributed by atoms with Gasteiger partial charge in [0.2, 0.25) is 5.78 Å². The number of Topliss-reactive ketones (excluding diaryl/α,β-unsaturated/α-hetero) is 1. The van der Waals surface area contributed by atoms with Crippen LogP contribution in [0.3, 0.4) is 0 Å². The normalized spacial score (nSPS) is 12.2. The summed E-state index contributed by atoms with van der Waals surface area (Å²) in [6, 6.07) is 2.86. The van der Waals surface area contributed by atoms with E-state index in [1.54, 1.807) is 37.3 Å². The van der Waals surface area contributed by atoms with Gasteiger partial charge in [-0.3, -0.25) is 9.36 Å². The number of fused-ring (bicyclic) bond motifs is 1. The van der Waals surface area contributed by atoms with Crippen molar-refractivity contribution in [3.05, 3.63) is 51.6 Å². The molecule has 4 rings (SSSR count). The Labute approximate surface area is 194 Å². The molecule has 10 heteroatoms. The SMILES string of the molecule is Cc1cc(-n2c(C)cc(C(=O)COC(=O)[C@H](C)Nc3ncnc4sc(C)c(C)c34)c2C)no1. The zero-order chi connectivity index (χ0) is 23.9. The van der Waals surface area contributed by atoms with Crippen LogP contribution in [0, 0.1) is 34.6 Å². The molecule has 0 aliphatic carbocycles. The standard InChI is InChI=1S/C23H25N5O4S/c1-11-7-17(15(5)28(11)19-8-12(2)32-27-19)18(29)9-31-23(30)14(4)26-21-20-13(3)16(6)33-22(20)25-10-24-21/h7-8,10,14H,9H2,1-6H3,(H,24,25,26)/t14-/m0/s1. The van der Waals surface area contributed by atoms with E-state index in [1.807, 2.05) is 32.3 Å². The Morgan fingerprint density at radius 1 is 1.18 bits per heavy atom. The number of anilines is 1. The van der Waals surface area contributed by atoms with Crippen molar-refractivity contribution >= 4 is 39.1 Å². The first kappa shape index (κ1) is 22.7. The number of nitrogens with zero attached hydrogens (tertiary/aromatic N) is 4. The molecule has 4 heterocycles. The second kappa shape index (κ2) is 8.78. The molecule has 0 aliphatic rings. The van der Waals surface area contributed by atoms with Gasteiger partial charge in [-0.05, 0) is 53.2 Å². The number of ether oxygens (including phenoxy) is 1. The molecule has 172 valence electrons. The first-order valence-electron chi connectivity index (χ1n) is 10.5. The molecule has 0 amide bonds. The molecule has 0 spiro atoms. The van der Waals surface area contributed by atoms with E-state index in [0.717, 1.165) is 26.4 Å². The largest absolute Gasteiger partial charge is 0.456 e. The zero-order valence-corrected chi connectivity index (χ0v) is 20.2. The lowest BCUT2D eigenvalue weighted by Gasteiger charge is -2.14. The zero-order valence-electron chi connectivity index (χ0n) is 19.3. The van der Waals surface area contributed by atoms with Crippen LogP contribution < -0.4 is 5.32 Å². The van der Waals surface area contributed by atoms with Crippen molar-refractivity contribution in [1.29, 1.82) is 0 Å². The molecule has 33 heavy (non-hydrogen) atoms.